The second-order valence-electron chi connectivity index (χ2n) is 7.32. The van der Waals surface area contributed by atoms with Crippen LogP contribution in [0.25, 0.3) is 10.2 Å². The molecule has 1 aliphatic rings. The average Bonchev–Trinajstić information content (AvgIpc) is 3.46. The van der Waals surface area contributed by atoms with Crippen LogP contribution in [-0.2, 0) is 23.3 Å². The molecule has 3 aromatic rings. The van der Waals surface area contributed by atoms with Crippen LogP contribution in [0.2, 0.25) is 0 Å². The van der Waals surface area contributed by atoms with Crippen molar-refractivity contribution in [2.45, 2.75) is 38.3 Å². The quantitative estimate of drug-likeness (QED) is 0.648. The topological polar surface area (TPSA) is 114 Å². The molecule has 1 N–H and O–H groups in total. The van der Waals surface area contributed by atoms with Crippen LogP contribution in [0.1, 0.15) is 28.8 Å². The third-order valence-corrected chi connectivity index (χ3v) is 6.88. The maximum atomic E-state index is 13.3. The summed E-state index contributed by atoms with van der Waals surface area (Å²) < 4.78 is 7.67. The number of carbonyl (C=O) groups is 1. The van der Waals surface area contributed by atoms with Crippen molar-refractivity contribution >= 4 is 27.5 Å². The predicted molar refractivity (Wildman–Crippen MR) is 111 cm³/mol. The van der Waals surface area contributed by atoms with Crippen molar-refractivity contribution in [3.8, 4) is 11.8 Å². The summed E-state index contributed by atoms with van der Waals surface area (Å²) in [5.74, 6) is -0.509. The lowest BCUT2D eigenvalue weighted by Crippen LogP contribution is -2.48. The SMILES string of the molecule is COc1ccccc1CCn1c(=O)n(C2(C(=O)O)CC2)c(=O)c2c(C)c(C#N)sc21. The molecule has 1 aliphatic carbocycles. The summed E-state index contributed by atoms with van der Waals surface area (Å²) in [5.41, 5.74) is -1.45. The highest BCUT2D eigenvalue weighted by Gasteiger charge is 2.54. The first-order valence-corrected chi connectivity index (χ1v) is 10.2. The van der Waals surface area contributed by atoms with Gasteiger partial charge >= 0.3 is 11.7 Å². The Labute approximate surface area is 175 Å². The van der Waals surface area contributed by atoms with Crippen LogP contribution in [0.4, 0.5) is 0 Å². The van der Waals surface area contributed by atoms with Crippen molar-refractivity contribution in [1.82, 2.24) is 9.13 Å². The van der Waals surface area contributed by atoms with E-state index in [0.717, 1.165) is 21.5 Å². The van der Waals surface area contributed by atoms with Gasteiger partial charge in [0.2, 0.25) is 0 Å². The van der Waals surface area contributed by atoms with Gasteiger partial charge in [-0.05, 0) is 43.4 Å². The normalized spacial score (nSPS) is 14.4. The lowest BCUT2D eigenvalue weighted by Gasteiger charge is -2.17. The third-order valence-electron chi connectivity index (χ3n) is 5.66. The van der Waals surface area contributed by atoms with Crippen molar-refractivity contribution in [2.75, 3.05) is 7.11 Å². The number of aliphatic carboxylic acids is 1. The molecule has 8 nitrogen and oxygen atoms in total. The fourth-order valence-corrected chi connectivity index (χ4v) is 4.94. The number of carboxylic acid groups (broad SMARTS) is 1. The highest BCUT2D eigenvalue weighted by Crippen LogP contribution is 2.42. The van der Waals surface area contributed by atoms with E-state index in [0.29, 0.717) is 27.4 Å². The standard InChI is InChI=1S/C21H19N3O5S/c1-12-15(11-22)30-18-16(12)17(25)24(21(8-9-21)19(26)27)20(28)23(18)10-7-13-5-3-4-6-14(13)29-2/h3-6H,7-10H2,1-2H3,(H,26,27). The number of thiophene rings is 1. The number of hydrogen-bond donors (Lipinski definition) is 1. The van der Waals surface area contributed by atoms with Crippen LogP contribution in [0, 0.1) is 18.3 Å². The first kappa shape index (κ1) is 19.9. The van der Waals surface area contributed by atoms with Gasteiger partial charge in [0, 0.05) is 6.54 Å². The molecule has 0 unspecified atom stereocenters. The van der Waals surface area contributed by atoms with Gasteiger partial charge in [-0.1, -0.05) is 18.2 Å². The van der Waals surface area contributed by atoms with Crippen molar-refractivity contribution in [2.24, 2.45) is 0 Å². The summed E-state index contributed by atoms with van der Waals surface area (Å²) in [6.45, 7) is 1.87. The Morgan fingerprint density at radius 2 is 2.03 bits per heavy atom. The molecule has 1 fully saturated rings. The van der Waals surface area contributed by atoms with E-state index >= 15 is 0 Å². The number of fused-ring (bicyclic) bond motifs is 1. The minimum absolute atomic E-state index is 0.219. The second-order valence-corrected chi connectivity index (χ2v) is 8.32. The number of methoxy groups -OCH3 is 1. The first-order valence-electron chi connectivity index (χ1n) is 9.40. The molecular formula is C21H19N3O5S. The molecule has 0 amide bonds. The third kappa shape index (κ3) is 2.83. The number of carboxylic acids is 1. The summed E-state index contributed by atoms with van der Waals surface area (Å²) >= 11 is 1.08. The number of rotatable bonds is 6. The van der Waals surface area contributed by atoms with Gasteiger partial charge in [0.25, 0.3) is 5.56 Å². The van der Waals surface area contributed by atoms with Gasteiger partial charge in [-0.3, -0.25) is 9.36 Å². The van der Waals surface area contributed by atoms with Gasteiger partial charge in [0.15, 0.2) is 0 Å². The number of nitriles is 1. The number of aryl methyl sites for hydroxylation is 3. The van der Waals surface area contributed by atoms with E-state index in [2.05, 4.69) is 6.07 Å². The molecule has 0 bridgehead atoms. The number of aromatic nitrogens is 2. The largest absolute Gasteiger partial charge is 0.496 e. The molecule has 0 atom stereocenters. The average molecular weight is 425 g/mol. The zero-order valence-corrected chi connectivity index (χ0v) is 17.3. The monoisotopic (exact) mass is 425 g/mol. The van der Waals surface area contributed by atoms with E-state index in [1.54, 1.807) is 14.0 Å². The molecule has 0 saturated heterocycles. The van der Waals surface area contributed by atoms with Gasteiger partial charge in [-0.25, -0.2) is 14.2 Å². The Balaban J connectivity index is 1.95. The molecule has 1 aromatic carbocycles. The molecule has 30 heavy (non-hydrogen) atoms. The number of benzene rings is 1. The fraction of sp³-hybridized carbons (Fsp3) is 0.333. The number of para-hydroxylation sites is 1. The van der Waals surface area contributed by atoms with Gasteiger partial charge in [0.1, 0.15) is 27.1 Å². The highest BCUT2D eigenvalue weighted by molar-refractivity contribution is 7.19. The molecule has 9 heteroatoms. The van der Waals surface area contributed by atoms with E-state index in [-0.39, 0.29) is 24.8 Å². The Morgan fingerprint density at radius 1 is 1.33 bits per heavy atom. The van der Waals surface area contributed by atoms with Crippen molar-refractivity contribution in [3.63, 3.8) is 0 Å². The smallest absolute Gasteiger partial charge is 0.333 e. The molecule has 0 spiro atoms. The minimum atomic E-state index is -1.50. The Hall–Kier alpha value is -3.38. The molecule has 0 aliphatic heterocycles. The predicted octanol–water partition coefficient (Wildman–Crippen LogP) is 2.23. The van der Waals surface area contributed by atoms with Crippen LogP contribution in [0.5, 0.6) is 5.75 Å². The summed E-state index contributed by atoms with van der Waals surface area (Å²) in [6.07, 6.45) is 0.893. The zero-order chi connectivity index (χ0) is 21.6. The Kier molecular flexibility index (Phi) is 4.74. The second kappa shape index (κ2) is 7.15. The van der Waals surface area contributed by atoms with Crippen LogP contribution < -0.4 is 16.0 Å². The molecule has 1 saturated carbocycles. The maximum Gasteiger partial charge on any atom is 0.333 e. The Morgan fingerprint density at radius 3 is 2.63 bits per heavy atom. The Bertz CT molecular complexity index is 1340. The van der Waals surface area contributed by atoms with E-state index in [4.69, 9.17) is 4.74 Å². The molecule has 4 rings (SSSR count). The van der Waals surface area contributed by atoms with Gasteiger partial charge in [-0.15, -0.1) is 11.3 Å². The van der Waals surface area contributed by atoms with E-state index in [9.17, 15) is 24.8 Å². The van der Waals surface area contributed by atoms with Crippen LogP contribution in [0.15, 0.2) is 33.9 Å². The van der Waals surface area contributed by atoms with E-state index < -0.39 is 22.8 Å². The lowest BCUT2D eigenvalue weighted by atomic mass is 10.1. The van der Waals surface area contributed by atoms with Gasteiger partial charge < -0.3 is 9.84 Å². The maximum absolute atomic E-state index is 13.3. The number of ether oxygens (including phenoxy) is 1. The lowest BCUT2D eigenvalue weighted by molar-refractivity contribution is -0.142. The van der Waals surface area contributed by atoms with Gasteiger partial charge in [0.05, 0.1) is 12.5 Å². The summed E-state index contributed by atoms with van der Waals surface area (Å²) in [6, 6.07) is 9.48. The molecule has 2 aromatic heterocycles. The van der Waals surface area contributed by atoms with Crippen LogP contribution >= 0.6 is 11.3 Å². The van der Waals surface area contributed by atoms with Crippen LogP contribution in [0.3, 0.4) is 0 Å². The molecule has 0 radical (unpaired) electrons. The van der Waals surface area contributed by atoms with E-state index in [1.165, 1.54) is 4.57 Å². The molecular weight excluding hydrogens is 406 g/mol. The summed E-state index contributed by atoms with van der Waals surface area (Å²) in [7, 11) is 1.56. The van der Waals surface area contributed by atoms with Crippen molar-refractivity contribution in [3.05, 3.63) is 61.1 Å². The molecule has 154 valence electrons. The summed E-state index contributed by atoms with van der Waals surface area (Å²) in [5, 5.41) is 19.4. The number of nitrogens with zero attached hydrogens (tertiary/aromatic N) is 3. The highest BCUT2D eigenvalue weighted by atomic mass is 32.1. The van der Waals surface area contributed by atoms with Crippen LogP contribution in [-0.4, -0.2) is 27.3 Å². The van der Waals surface area contributed by atoms with Crippen molar-refractivity contribution < 1.29 is 14.6 Å². The molecule has 2 heterocycles. The van der Waals surface area contributed by atoms with Gasteiger partial charge in [-0.2, -0.15) is 5.26 Å². The zero-order valence-electron chi connectivity index (χ0n) is 16.5. The van der Waals surface area contributed by atoms with Crippen molar-refractivity contribution in [1.29, 1.82) is 5.26 Å². The fourth-order valence-electron chi connectivity index (χ4n) is 3.82. The minimum Gasteiger partial charge on any atom is -0.496 e. The number of hydrogen-bond acceptors (Lipinski definition) is 6. The first-order chi connectivity index (χ1) is 14.4. The van der Waals surface area contributed by atoms with E-state index in [1.807, 2.05) is 24.3 Å². The summed E-state index contributed by atoms with van der Waals surface area (Å²) in [4.78, 5) is 39.1.